The van der Waals surface area contributed by atoms with Crippen LogP contribution < -0.4 is 5.32 Å². The van der Waals surface area contributed by atoms with E-state index in [4.69, 9.17) is 6.42 Å². The number of hydrogen-bond acceptors (Lipinski definition) is 1. The minimum absolute atomic E-state index is 0.485. The topological polar surface area (TPSA) is 12.0 Å². The molecule has 2 rings (SSSR count). The molecule has 1 nitrogen and oxygen atoms in total. The molecule has 2 bridgehead atoms. The van der Waals surface area contributed by atoms with Gasteiger partial charge in [0.05, 0.1) is 0 Å². The predicted molar refractivity (Wildman–Crippen MR) is 73.7 cm³/mol. The molecule has 0 aromatic carbocycles. The molecule has 2 aliphatic carbocycles. The zero-order valence-corrected chi connectivity index (χ0v) is 11.7. The Balaban J connectivity index is 1.86. The summed E-state index contributed by atoms with van der Waals surface area (Å²) in [6.45, 7) is 8.54. The molecule has 0 heterocycles. The fraction of sp³-hybridized carbons (Fsp3) is 0.875. The highest BCUT2D eigenvalue weighted by Gasteiger charge is 2.58. The maximum atomic E-state index is 5.28. The van der Waals surface area contributed by atoms with Crippen LogP contribution in [0.15, 0.2) is 0 Å². The highest BCUT2D eigenvalue weighted by molar-refractivity contribution is 5.11. The Morgan fingerprint density at radius 1 is 1.29 bits per heavy atom. The van der Waals surface area contributed by atoms with Gasteiger partial charge < -0.3 is 5.32 Å². The summed E-state index contributed by atoms with van der Waals surface area (Å²) >= 11 is 0. The minimum atomic E-state index is 0.485. The van der Waals surface area contributed by atoms with Crippen LogP contribution in [0.25, 0.3) is 0 Å². The third kappa shape index (κ3) is 2.25. The molecule has 1 unspecified atom stereocenters. The SMILES string of the molecule is C#CCCCCNC1C(C)(C)[C@H]2CC[C@]1(C)C2. The smallest absolute Gasteiger partial charge is 0.0175 e. The summed E-state index contributed by atoms with van der Waals surface area (Å²) in [5, 5.41) is 3.83. The van der Waals surface area contributed by atoms with Crippen molar-refractivity contribution in [1.82, 2.24) is 5.32 Å². The van der Waals surface area contributed by atoms with E-state index in [1.807, 2.05) is 0 Å². The van der Waals surface area contributed by atoms with Gasteiger partial charge >= 0.3 is 0 Å². The Labute approximate surface area is 107 Å². The van der Waals surface area contributed by atoms with Gasteiger partial charge in [-0.1, -0.05) is 20.8 Å². The van der Waals surface area contributed by atoms with Gasteiger partial charge in [0.2, 0.25) is 0 Å². The summed E-state index contributed by atoms with van der Waals surface area (Å²) < 4.78 is 0. The van der Waals surface area contributed by atoms with Crippen molar-refractivity contribution < 1.29 is 0 Å². The molecule has 0 aliphatic heterocycles. The van der Waals surface area contributed by atoms with Crippen molar-refractivity contribution in [3.8, 4) is 12.3 Å². The minimum Gasteiger partial charge on any atom is -0.313 e. The highest BCUT2D eigenvalue weighted by Crippen LogP contribution is 2.62. The van der Waals surface area contributed by atoms with Crippen LogP contribution in [0, 0.1) is 29.1 Å². The average molecular weight is 233 g/mol. The van der Waals surface area contributed by atoms with Crippen LogP contribution in [0.1, 0.15) is 59.3 Å². The van der Waals surface area contributed by atoms with E-state index >= 15 is 0 Å². The first kappa shape index (κ1) is 13.0. The number of hydrogen-bond donors (Lipinski definition) is 1. The average Bonchev–Trinajstić information content (AvgIpc) is 2.73. The van der Waals surface area contributed by atoms with Gasteiger partial charge in [-0.3, -0.25) is 0 Å². The summed E-state index contributed by atoms with van der Waals surface area (Å²) in [7, 11) is 0. The van der Waals surface area contributed by atoms with Crippen LogP contribution in [0.2, 0.25) is 0 Å². The van der Waals surface area contributed by atoms with Gasteiger partial charge in [0, 0.05) is 12.5 Å². The van der Waals surface area contributed by atoms with E-state index < -0.39 is 0 Å². The first-order chi connectivity index (χ1) is 8.00. The van der Waals surface area contributed by atoms with Crippen molar-refractivity contribution >= 4 is 0 Å². The van der Waals surface area contributed by atoms with Gasteiger partial charge in [0.1, 0.15) is 0 Å². The van der Waals surface area contributed by atoms with Crippen molar-refractivity contribution in [2.75, 3.05) is 6.54 Å². The van der Waals surface area contributed by atoms with Crippen LogP contribution in [0.4, 0.5) is 0 Å². The van der Waals surface area contributed by atoms with E-state index in [1.165, 1.54) is 25.7 Å². The third-order valence-electron chi connectivity index (χ3n) is 5.37. The zero-order valence-electron chi connectivity index (χ0n) is 11.7. The second-order valence-corrected chi connectivity index (χ2v) is 6.96. The Kier molecular flexibility index (Phi) is 3.55. The quantitative estimate of drug-likeness (QED) is 0.565. The lowest BCUT2D eigenvalue weighted by atomic mass is 9.68. The number of unbranched alkanes of at least 4 members (excludes halogenated alkanes) is 2. The molecule has 2 saturated carbocycles. The van der Waals surface area contributed by atoms with Gasteiger partial charge in [-0.25, -0.2) is 0 Å². The molecule has 2 fully saturated rings. The maximum absolute atomic E-state index is 5.28. The Morgan fingerprint density at radius 2 is 2.06 bits per heavy atom. The zero-order chi connectivity index (χ0) is 12.5. The molecule has 0 amide bonds. The number of fused-ring (bicyclic) bond motifs is 2. The summed E-state index contributed by atoms with van der Waals surface area (Å²) in [6.07, 6.45) is 12.9. The molecule has 2 aliphatic rings. The van der Waals surface area contributed by atoms with Crippen molar-refractivity contribution in [2.24, 2.45) is 16.7 Å². The van der Waals surface area contributed by atoms with Gasteiger partial charge in [-0.15, -0.1) is 12.3 Å². The van der Waals surface area contributed by atoms with E-state index in [9.17, 15) is 0 Å². The van der Waals surface area contributed by atoms with Crippen molar-refractivity contribution in [3.05, 3.63) is 0 Å². The van der Waals surface area contributed by atoms with E-state index in [2.05, 4.69) is 32.0 Å². The first-order valence-electron chi connectivity index (χ1n) is 7.17. The maximum Gasteiger partial charge on any atom is 0.0175 e. The van der Waals surface area contributed by atoms with Crippen molar-refractivity contribution in [2.45, 2.75) is 65.3 Å². The second-order valence-electron chi connectivity index (χ2n) is 6.96. The van der Waals surface area contributed by atoms with E-state index in [1.54, 1.807) is 0 Å². The van der Waals surface area contributed by atoms with Gasteiger partial charge in [0.25, 0.3) is 0 Å². The van der Waals surface area contributed by atoms with E-state index in [0.717, 1.165) is 25.3 Å². The molecule has 0 spiro atoms. The van der Waals surface area contributed by atoms with Gasteiger partial charge in [0.15, 0.2) is 0 Å². The first-order valence-corrected chi connectivity index (χ1v) is 7.17. The molecule has 3 atom stereocenters. The molecular formula is C16H27N. The normalized spacial score (nSPS) is 38.2. The molecule has 0 aromatic rings. The van der Waals surface area contributed by atoms with Crippen LogP contribution in [0.5, 0.6) is 0 Å². The Hall–Kier alpha value is -0.480. The summed E-state index contributed by atoms with van der Waals surface area (Å²) in [6, 6.07) is 0.708. The van der Waals surface area contributed by atoms with Gasteiger partial charge in [-0.05, 0) is 55.4 Å². The lowest BCUT2D eigenvalue weighted by molar-refractivity contribution is 0.109. The van der Waals surface area contributed by atoms with Crippen molar-refractivity contribution in [3.63, 3.8) is 0 Å². The van der Waals surface area contributed by atoms with Crippen LogP contribution >= 0.6 is 0 Å². The van der Waals surface area contributed by atoms with E-state index in [-0.39, 0.29) is 0 Å². The fourth-order valence-corrected chi connectivity index (χ4v) is 4.41. The van der Waals surface area contributed by atoms with Gasteiger partial charge in [-0.2, -0.15) is 0 Å². The number of rotatable bonds is 5. The van der Waals surface area contributed by atoms with Crippen LogP contribution in [-0.2, 0) is 0 Å². The molecule has 1 N–H and O–H groups in total. The Morgan fingerprint density at radius 3 is 2.65 bits per heavy atom. The van der Waals surface area contributed by atoms with Crippen molar-refractivity contribution in [1.29, 1.82) is 0 Å². The van der Waals surface area contributed by atoms with Crippen LogP contribution in [0.3, 0.4) is 0 Å². The largest absolute Gasteiger partial charge is 0.313 e. The lowest BCUT2D eigenvalue weighted by Gasteiger charge is -2.43. The molecule has 0 saturated heterocycles. The number of nitrogens with one attached hydrogen (secondary N) is 1. The molecule has 0 aromatic heterocycles. The summed E-state index contributed by atoms with van der Waals surface area (Å²) in [5.41, 5.74) is 1.04. The molecule has 17 heavy (non-hydrogen) atoms. The lowest BCUT2D eigenvalue weighted by Crippen LogP contribution is -2.50. The van der Waals surface area contributed by atoms with E-state index in [0.29, 0.717) is 16.9 Å². The standard InChI is InChI=1S/C16H27N/c1-5-6-7-8-11-17-14-15(2,3)13-9-10-16(14,4)12-13/h1,13-14,17H,6-12H2,2-4H3/t13-,14?,16+/m0/s1. The second kappa shape index (κ2) is 4.65. The molecule has 0 radical (unpaired) electrons. The highest BCUT2D eigenvalue weighted by atomic mass is 15.0. The van der Waals surface area contributed by atoms with Crippen LogP contribution in [-0.4, -0.2) is 12.6 Å². The molecule has 96 valence electrons. The third-order valence-corrected chi connectivity index (χ3v) is 5.37. The molecular weight excluding hydrogens is 206 g/mol. The molecule has 1 heteroatoms. The Bertz CT molecular complexity index is 307. The summed E-state index contributed by atoms with van der Waals surface area (Å²) in [4.78, 5) is 0. The summed E-state index contributed by atoms with van der Waals surface area (Å²) in [5.74, 6) is 3.66. The monoisotopic (exact) mass is 233 g/mol. The predicted octanol–water partition coefficient (Wildman–Crippen LogP) is 3.59. The fourth-order valence-electron chi connectivity index (χ4n) is 4.41. The number of terminal acetylenes is 1.